The Kier molecular flexibility index (Phi) is 2.52. The van der Waals surface area contributed by atoms with E-state index in [0.29, 0.717) is 18.3 Å². The predicted octanol–water partition coefficient (Wildman–Crippen LogP) is 1.28. The van der Waals surface area contributed by atoms with E-state index in [4.69, 9.17) is 4.74 Å². The summed E-state index contributed by atoms with van der Waals surface area (Å²) >= 11 is 0. The molecule has 0 radical (unpaired) electrons. The number of rotatable bonds is 1. The molecular weight excluding hydrogens is 178 g/mol. The van der Waals surface area contributed by atoms with Gasteiger partial charge in [0, 0.05) is 20.1 Å². The van der Waals surface area contributed by atoms with Crippen LogP contribution in [0.3, 0.4) is 0 Å². The van der Waals surface area contributed by atoms with Crippen LogP contribution in [0.4, 0.5) is 0 Å². The second-order valence-corrected chi connectivity index (χ2v) is 4.83. The quantitative estimate of drug-likeness (QED) is 0.633. The predicted molar refractivity (Wildman–Crippen MR) is 53.9 cm³/mol. The molecule has 3 heteroatoms. The molecule has 14 heavy (non-hydrogen) atoms. The second kappa shape index (κ2) is 3.54. The lowest BCUT2D eigenvalue weighted by Crippen LogP contribution is -2.54. The third kappa shape index (κ3) is 1.44. The van der Waals surface area contributed by atoms with E-state index in [1.807, 2.05) is 11.9 Å². The Morgan fingerprint density at radius 1 is 1.50 bits per heavy atom. The van der Waals surface area contributed by atoms with Gasteiger partial charge in [-0.2, -0.15) is 0 Å². The molecule has 80 valence electrons. The Bertz CT molecular complexity index is 239. The first-order chi connectivity index (χ1) is 6.61. The summed E-state index contributed by atoms with van der Waals surface area (Å²) in [4.78, 5) is 13.6. The van der Waals surface area contributed by atoms with Gasteiger partial charge in [0.05, 0.1) is 12.1 Å². The third-order valence-corrected chi connectivity index (χ3v) is 3.56. The number of amides is 1. The first-order valence-electron chi connectivity index (χ1n) is 5.48. The summed E-state index contributed by atoms with van der Waals surface area (Å²) in [5, 5.41) is 0. The van der Waals surface area contributed by atoms with Gasteiger partial charge in [0.2, 0.25) is 5.91 Å². The molecule has 0 saturated carbocycles. The normalized spacial score (nSPS) is 37.9. The largest absolute Gasteiger partial charge is 0.376 e. The van der Waals surface area contributed by atoms with E-state index < -0.39 is 0 Å². The molecule has 0 bridgehead atoms. The van der Waals surface area contributed by atoms with Gasteiger partial charge in [-0.1, -0.05) is 13.8 Å². The lowest BCUT2D eigenvalue weighted by Gasteiger charge is -2.42. The molecule has 0 aromatic carbocycles. The highest BCUT2D eigenvalue weighted by Gasteiger charge is 2.44. The van der Waals surface area contributed by atoms with E-state index in [9.17, 15) is 4.79 Å². The second-order valence-electron chi connectivity index (χ2n) is 4.83. The first kappa shape index (κ1) is 9.97. The zero-order chi connectivity index (χ0) is 10.3. The Labute approximate surface area is 85.4 Å². The molecule has 0 spiro atoms. The number of hydrogen-bond donors (Lipinski definition) is 0. The minimum Gasteiger partial charge on any atom is -0.376 e. The van der Waals surface area contributed by atoms with E-state index in [-0.39, 0.29) is 18.1 Å². The van der Waals surface area contributed by atoms with Gasteiger partial charge < -0.3 is 9.64 Å². The fraction of sp³-hybridized carbons (Fsp3) is 0.909. The topological polar surface area (TPSA) is 29.5 Å². The fourth-order valence-corrected chi connectivity index (χ4v) is 2.83. The maximum Gasteiger partial charge on any atom is 0.223 e. The minimum atomic E-state index is 0.281. The molecule has 1 amide bonds. The van der Waals surface area contributed by atoms with Crippen molar-refractivity contribution >= 4 is 5.91 Å². The Balaban J connectivity index is 2.20. The molecule has 0 aliphatic carbocycles. The van der Waals surface area contributed by atoms with Crippen molar-refractivity contribution < 1.29 is 9.53 Å². The monoisotopic (exact) mass is 197 g/mol. The molecule has 3 nitrogen and oxygen atoms in total. The lowest BCUT2D eigenvalue weighted by molar-refractivity contribution is -0.144. The van der Waals surface area contributed by atoms with Crippen molar-refractivity contribution in [1.82, 2.24) is 4.90 Å². The van der Waals surface area contributed by atoms with Crippen molar-refractivity contribution in [2.45, 2.75) is 38.8 Å². The first-order valence-corrected chi connectivity index (χ1v) is 5.48. The van der Waals surface area contributed by atoms with E-state index in [0.717, 1.165) is 13.0 Å². The Morgan fingerprint density at radius 3 is 2.86 bits per heavy atom. The smallest absolute Gasteiger partial charge is 0.223 e. The van der Waals surface area contributed by atoms with Crippen LogP contribution in [0.15, 0.2) is 0 Å². The van der Waals surface area contributed by atoms with Gasteiger partial charge >= 0.3 is 0 Å². The zero-order valence-electron chi connectivity index (χ0n) is 9.19. The van der Waals surface area contributed by atoms with Crippen molar-refractivity contribution in [3.05, 3.63) is 0 Å². The van der Waals surface area contributed by atoms with Gasteiger partial charge in [-0.15, -0.1) is 0 Å². The van der Waals surface area contributed by atoms with Crippen LogP contribution < -0.4 is 0 Å². The molecule has 3 unspecified atom stereocenters. The molecule has 2 aliphatic heterocycles. The van der Waals surface area contributed by atoms with Crippen molar-refractivity contribution in [2.75, 3.05) is 13.7 Å². The average molecular weight is 197 g/mol. The molecule has 0 aromatic heterocycles. The number of ether oxygens (including phenoxy) is 1. The van der Waals surface area contributed by atoms with Crippen LogP contribution in [-0.4, -0.2) is 36.6 Å². The average Bonchev–Trinajstić information content (AvgIpc) is 2.52. The van der Waals surface area contributed by atoms with Gasteiger partial charge in [-0.05, 0) is 18.3 Å². The highest BCUT2D eigenvalue weighted by Crippen LogP contribution is 2.35. The third-order valence-electron chi connectivity index (χ3n) is 3.56. The molecule has 0 aromatic rings. The van der Waals surface area contributed by atoms with Gasteiger partial charge in [0.15, 0.2) is 0 Å². The van der Waals surface area contributed by atoms with E-state index in [2.05, 4.69) is 13.8 Å². The van der Waals surface area contributed by atoms with Crippen LogP contribution in [0.1, 0.15) is 26.7 Å². The van der Waals surface area contributed by atoms with Crippen molar-refractivity contribution in [2.24, 2.45) is 11.8 Å². The summed E-state index contributed by atoms with van der Waals surface area (Å²) in [5.41, 5.74) is 0. The number of piperidine rings is 1. The number of likely N-dealkylation sites (tertiary alicyclic amines) is 1. The molecule has 0 N–H and O–H groups in total. The minimum absolute atomic E-state index is 0.281. The van der Waals surface area contributed by atoms with Gasteiger partial charge in [-0.25, -0.2) is 0 Å². The lowest BCUT2D eigenvalue weighted by atomic mass is 9.82. The van der Waals surface area contributed by atoms with Crippen LogP contribution in [0.25, 0.3) is 0 Å². The molecule has 3 atom stereocenters. The molecule has 2 aliphatic rings. The maximum atomic E-state index is 11.7. The Morgan fingerprint density at radius 2 is 2.21 bits per heavy atom. The van der Waals surface area contributed by atoms with Crippen molar-refractivity contribution in [1.29, 1.82) is 0 Å². The summed E-state index contributed by atoms with van der Waals surface area (Å²) in [5.74, 6) is 1.25. The van der Waals surface area contributed by atoms with E-state index >= 15 is 0 Å². The molecule has 2 saturated heterocycles. The maximum absolute atomic E-state index is 11.7. The summed E-state index contributed by atoms with van der Waals surface area (Å²) in [7, 11) is 1.91. The number of hydrogen-bond acceptors (Lipinski definition) is 2. The van der Waals surface area contributed by atoms with Gasteiger partial charge in [0.25, 0.3) is 0 Å². The van der Waals surface area contributed by atoms with Crippen LogP contribution in [0, 0.1) is 11.8 Å². The van der Waals surface area contributed by atoms with Crippen molar-refractivity contribution in [3.63, 3.8) is 0 Å². The van der Waals surface area contributed by atoms with Crippen LogP contribution in [0.2, 0.25) is 0 Å². The summed E-state index contributed by atoms with van der Waals surface area (Å²) in [6.45, 7) is 5.16. The number of fused-ring (bicyclic) bond motifs is 1. The van der Waals surface area contributed by atoms with E-state index in [1.165, 1.54) is 0 Å². The number of nitrogens with zero attached hydrogens (tertiary/aromatic N) is 1. The highest BCUT2D eigenvalue weighted by molar-refractivity contribution is 5.77. The van der Waals surface area contributed by atoms with E-state index in [1.54, 1.807) is 0 Å². The Hall–Kier alpha value is -0.570. The fourth-order valence-electron chi connectivity index (χ4n) is 2.83. The van der Waals surface area contributed by atoms with Crippen LogP contribution >= 0.6 is 0 Å². The summed E-state index contributed by atoms with van der Waals surface area (Å²) in [6, 6.07) is 0.281. The highest BCUT2D eigenvalue weighted by atomic mass is 16.5. The van der Waals surface area contributed by atoms with Crippen LogP contribution in [0.5, 0.6) is 0 Å². The number of likely N-dealkylation sites (N-methyl/N-ethyl adjacent to an activating group) is 1. The molecule has 2 rings (SSSR count). The van der Waals surface area contributed by atoms with Crippen LogP contribution in [-0.2, 0) is 9.53 Å². The molecular formula is C11H19NO2. The van der Waals surface area contributed by atoms with Crippen molar-refractivity contribution in [3.8, 4) is 0 Å². The standard InChI is InChI=1S/C11H19NO2/c1-7(2)10-11-8(4-5-14-11)6-9(13)12(10)3/h7-8,10-11H,4-6H2,1-3H3. The zero-order valence-corrected chi connectivity index (χ0v) is 9.19. The van der Waals surface area contributed by atoms with Gasteiger partial charge in [-0.3, -0.25) is 4.79 Å². The number of carbonyl (C=O) groups is 1. The molecule has 2 heterocycles. The SMILES string of the molecule is CC(C)C1C2OCCC2CC(=O)N1C. The van der Waals surface area contributed by atoms with Gasteiger partial charge in [0.1, 0.15) is 0 Å². The number of carbonyl (C=O) groups excluding carboxylic acids is 1. The summed E-state index contributed by atoms with van der Waals surface area (Å²) in [6.07, 6.45) is 2.04. The summed E-state index contributed by atoms with van der Waals surface area (Å²) < 4.78 is 5.76. The molecule has 2 fully saturated rings.